The maximum atomic E-state index is 13.3. The van der Waals surface area contributed by atoms with E-state index in [2.05, 4.69) is 165 Å². The molecule has 2 heterocycles. The van der Waals surface area contributed by atoms with Gasteiger partial charge in [-0.25, -0.2) is 0 Å². The zero-order chi connectivity index (χ0) is 66.6. The second-order valence-corrected chi connectivity index (χ2v) is 24.6. The summed E-state index contributed by atoms with van der Waals surface area (Å²) in [6.45, 7) is 2.72. The average Bonchev–Trinajstić information content (AvgIpc) is 1.05. The largest absolute Gasteiger partial charge is 0.394 e. The number of carbonyl (C=O) groups excluding carboxylic acids is 1. The number of ether oxygens (including phenoxy) is 4. The van der Waals surface area contributed by atoms with Gasteiger partial charge in [0.1, 0.15) is 48.8 Å². The second-order valence-electron chi connectivity index (χ2n) is 24.6. The number of hydrogen-bond acceptors (Lipinski definition) is 13. The van der Waals surface area contributed by atoms with Crippen molar-refractivity contribution in [2.24, 2.45) is 0 Å². The first-order valence-electron chi connectivity index (χ1n) is 36.1. The number of carbonyl (C=O) groups is 1. The van der Waals surface area contributed by atoms with Crippen molar-refractivity contribution in [1.82, 2.24) is 5.32 Å². The summed E-state index contributed by atoms with van der Waals surface area (Å²) in [6, 6.07) is -0.864. The van der Waals surface area contributed by atoms with E-state index in [1.807, 2.05) is 0 Å². The Balaban J connectivity index is 1.68. The summed E-state index contributed by atoms with van der Waals surface area (Å²) in [6.07, 6.45) is 74.3. The molecule has 0 bridgehead atoms. The lowest BCUT2D eigenvalue weighted by molar-refractivity contribution is -0.359. The van der Waals surface area contributed by atoms with Gasteiger partial charge in [0.05, 0.1) is 32.0 Å². The third kappa shape index (κ3) is 43.8. The molecule has 0 radical (unpaired) electrons. The number of hydrogen-bond donors (Lipinski definition) is 9. The van der Waals surface area contributed by atoms with Gasteiger partial charge in [-0.2, -0.15) is 0 Å². The van der Waals surface area contributed by atoms with Crippen LogP contribution in [0.3, 0.4) is 0 Å². The molecule has 0 spiro atoms. The summed E-state index contributed by atoms with van der Waals surface area (Å²) in [5.41, 5.74) is 0. The zero-order valence-corrected chi connectivity index (χ0v) is 57.0. The fourth-order valence-corrected chi connectivity index (χ4v) is 10.9. The number of amides is 1. The first kappa shape index (κ1) is 84.0. The molecule has 0 aliphatic carbocycles. The van der Waals surface area contributed by atoms with Crippen molar-refractivity contribution >= 4 is 5.91 Å². The third-order valence-corrected chi connectivity index (χ3v) is 16.6. The molecular weight excluding hydrogens is 1160 g/mol. The van der Waals surface area contributed by atoms with Crippen LogP contribution in [0.15, 0.2) is 146 Å². The van der Waals surface area contributed by atoms with Crippen molar-refractivity contribution in [3.05, 3.63) is 146 Å². The molecule has 0 aromatic carbocycles. The van der Waals surface area contributed by atoms with Gasteiger partial charge in [-0.3, -0.25) is 4.79 Å². The Labute approximate surface area is 557 Å². The lowest BCUT2D eigenvalue weighted by Gasteiger charge is -2.46. The van der Waals surface area contributed by atoms with Gasteiger partial charge in [-0.05, 0) is 103 Å². The molecule has 12 unspecified atom stereocenters. The first-order valence-corrected chi connectivity index (χ1v) is 36.1. The second kappa shape index (κ2) is 60.5. The molecular formula is C78H129NO13. The minimum Gasteiger partial charge on any atom is -0.394 e. The van der Waals surface area contributed by atoms with Crippen molar-refractivity contribution in [1.29, 1.82) is 0 Å². The zero-order valence-electron chi connectivity index (χ0n) is 57.0. The van der Waals surface area contributed by atoms with E-state index in [4.69, 9.17) is 18.9 Å². The number of aliphatic hydroxyl groups excluding tert-OH is 8. The SMILES string of the molecule is CC/C=C\C/C=C\C/C=C\C/C=C\C/C=C\C/C=C\C/C=C\C/C=C\C/C=C\C/C=C\C/C=C\C/C=C\CCCCC(=O)NC(COC1OC(CO)C(OC2OC(CO)C(O)C(O)C2O)C(O)C1O)C(O)CCCCCCCCCCCCCCCCCCCCC. The maximum absolute atomic E-state index is 13.3. The standard InChI is InChI=1S/C78H129NO13/c1-3-5-7-9-11-13-15-17-19-21-23-24-25-26-27-28-29-30-31-32-33-34-35-36-37-38-39-40-41-42-44-46-48-50-52-54-56-58-60-62-70(83)79-66(67(82)61-59-57-55-53-51-49-47-45-43-22-20-18-16-14-12-10-8-6-4-2)65-89-77-75(88)73(86)76(69(64-81)91-77)92-78-74(87)72(85)71(84)68(63-80)90-78/h5,7,11,13,17,19,23-24,26-27,29-30,32-33,35-36,38-39,41-42,46,48,52,54,66-69,71-78,80-82,84-88H,3-4,6,8-10,12,14-16,18,20-22,25,28,31,34,37,40,43-45,47,49-51,53,55-65H2,1-2H3,(H,79,83)/b7-5-,13-11-,19-17-,24-23-,27-26-,30-29-,33-32-,36-35-,39-38-,42-41-,48-46-,54-52-. The Morgan fingerprint density at radius 1 is 0.402 bits per heavy atom. The Kier molecular flexibility index (Phi) is 55.2. The van der Waals surface area contributed by atoms with Crippen LogP contribution in [0.5, 0.6) is 0 Å². The van der Waals surface area contributed by atoms with Crippen LogP contribution in [0.1, 0.15) is 245 Å². The summed E-state index contributed by atoms with van der Waals surface area (Å²) < 4.78 is 22.9. The smallest absolute Gasteiger partial charge is 0.220 e. The lowest BCUT2D eigenvalue weighted by Crippen LogP contribution is -2.65. The van der Waals surface area contributed by atoms with Gasteiger partial charge in [0.2, 0.25) is 5.91 Å². The summed E-state index contributed by atoms with van der Waals surface area (Å²) in [5, 5.41) is 87.6. The highest BCUT2D eigenvalue weighted by atomic mass is 16.7. The van der Waals surface area contributed by atoms with Gasteiger partial charge in [0, 0.05) is 6.42 Å². The van der Waals surface area contributed by atoms with E-state index >= 15 is 0 Å². The molecule has 2 fully saturated rings. The Morgan fingerprint density at radius 2 is 0.750 bits per heavy atom. The first-order chi connectivity index (χ1) is 45.1. The highest BCUT2D eigenvalue weighted by Crippen LogP contribution is 2.30. The van der Waals surface area contributed by atoms with Crippen molar-refractivity contribution in [3.8, 4) is 0 Å². The van der Waals surface area contributed by atoms with E-state index < -0.39 is 86.8 Å². The molecule has 0 saturated carbocycles. The van der Waals surface area contributed by atoms with E-state index in [-0.39, 0.29) is 18.9 Å². The van der Waals surface area contributed by atoms with Gasteiger partial charge in [0.25, 0.3) is 0 Å². The summed E-state index contributed by atoms with van der Waals surface area (Å²) in [5.74, 6) is -0.253. The van der Waals surface area contributed by atoms with Crippen LogP contribution in [0.4, 0.5) is 0 Å². The minimum atomic E-state index is -1.79. The molecule has 2 aliphatic rings. The van der Waals surface area contributed by atoms with Crippen LogP contribution in [-0.4, -0.2) is 140 Å². The normalized spacial score (nSPS) is 23.6. The van der Waals surface area contributed by atoms with Crippen LogP contribution in [0.25, 0.3) is 0 Å². The third-order valence-electron chi connectivity index (χ3n) is 16.6. The van der Waals surface area contributed by atoms with E-state index in [1.165, 1.54) is 96.3 Å². The fourth-order valence-electron chi connectivity index (χ4n) is 10.9. The molecule has 524 valence electrons. The molecule has 0 aromatic heterocycles. The maximum Gasteiger partial charge on any atom is 0.220 e. The molecule has 12 atom stereocenters. The number of rotatable bonds is 57. The summed E-state index contributed by atoms with van der Waals surface area (Å²) in [4.78, 5) is 13.3. The highest BCUT2D eigenvalue weighted by Gasteiger charge is 2.51. The van der Waals surface area contributed by atoms with Crippen LogP contribution >= 0.6 is 0 Å². The fraction of sp³-hybridized carbons (Fsp3) is 0.679. The van der Waals surface area contributed by atoms with Gasteiger partial charge < -0.3 is 65.1 Å². The van der Waals surface area contributed by atoms with E-state index in [0.717, 1.165) is 116 Å². The van der Waals surface area contributed by atoms with Crippen molar-refractivity contribution in [2.75, 3.05) is 19.8 Å². The number of nitrogens with one attached hydrogen (secondary N) is 1. The number of aliphatic hydroxyl groups is 8. The average molecular weight is 1290 g/mol. The predicted octanol–water partition coefficient (Wildman–Crippen LogP) is 15.2. The quantitative estimate of drug-likeness (QED) is 0.0204. The van der Waals surface area contributed by atoms with Crippen LogP contribution in [0.2, 0.25) is 0 Å². The van der Waals surface area contributed by atoms with Gasteiger partial charge in [-0.1, -0.05) is 282 Å². The van der Waals surface area contributed by atoms with Gasteiger partial charge in [-0.15, -0.1) is 0 Å². The van der Waals surface area contributed by atoms with Crippen molar-refractivity contribution < 1.29 is 64.6 Å². The Morgan fingerprint density at radius 3 is 1.13 bits per heavy atom. The van der Waals surface area contributed by atoms with Crippen molar-refractivity contribution in [3.63, 3.8) is 0 Å². The monoisotopic (exact) mass is 1290 g/mol. The summed E-state index contributed by atoms with van der Waals surface area (Å²) in [7, 11) is 0. The Bertz CT molecular complexity index is 2110. The molecule has 2 saturated heterocycles. The van der Waals surface area contributed by atoms with Crippen molar-refractivity contribution in [2.45, 2.75) is 319 Å². The van der Waals surface area contributed by atoms with Gasteiger partial charge in [0.15, 0.2) is 12.6 Å². The number of unbranched alkanes of at least 4 members (excludes halogenated alkanes) is 20. The lowest BCUT2D eigenvalue weighted by atomic mass is 9.97. The Hall–Kier alpha value is -4.13. The molecule has 14 nitrogen and oxygen atoms in total. The molecule has 2 rings (SSSR count). The van der Waals surface area contributed by atoms with Gasteiger partial charge >= 0.3 is 0 Å². The number of allylic oxidation sites excluding steroid dienone is 24. The molecule has 9 N–H and O–H groups in total. The minimum absolute atomic E-state index is 0.240. The highest BCUT2D eigenvalue weighted by molar-refractivity contribution is 5.76. The molecule has 0 aromatic rings. The molecule has 2 aliphatic heterocycles. The molecule has 14 heteroatoms. The molecule has 1 amide bonds. The van der Waals surface area contributed by atoms with E-state index in [9.17, 15) is 45.6 Å². The van der Waals surface area contributed by atoms with Crippen LogP contribution in [-0.2, 0) is 23.7 Å². The molecule has 92 heavy (non-hydrogen) atoms. The van der Waals surface area contributed by atoms with Crippen LogP contribution in [0, 0.1) is 0 Å². The topological polar surface area (TPSA) is 228 Å². The van der Waals surface area contributed by atoms with Crippen LogP contribution < -0.4 is 5.32 Å². The summed E-state index contributed by atoms with van der Waals surface area (Å²) >= 11 is 0. The van der Waals surface area contributed by atoms with E-state index in [0.29, 0.717) is 12.8 Å². The predicted molar refractivity (Wildman–Crippen MR) is 378 cm³/mol. The van der Waals surface area contributed by atoms with E-state index in [1.54, 1.807) is 0 Å².